The summed E-state index contributed by atoms with van der Waals surface area (Å²) in [7, 11) is 0. The predicted molar refractivity (Wildman–Crippen MR) is 88.1 cm³/mol. The van der Waals surface area contributed by atoms with Gasteiger partial charge in [0.1, 0.15) is 18.1 Å². The summed E-state index contributed by atoms with van der Waals surface area (Å²) >= 11 is 0. The Morgan fingerprint density at radius 2 is 2.29 bits per heavy atom. The lowest BCUT2D eigenvalue weighted by atomic mass is 10.2. The number of benzene rings is 1. The van der Waals surface area contributed by atoms with Gasteiger partial charge in [-0.15, -0.1) is 0 Å². The van der Waals surface area contributed by atoms with Gasteiger partial charge in [0.25, 0.3) is 5.91 Å². The molecule has 0 bridgehead atoms. The van der Waals surface area contributed by atoms with Crippen LogP contribution in [0, 0.1) is 13.8 Å². The van der Waals surface area contributed by atoms with Crippen LogP contribution in [0.4, 0.5) is 0 Å². The largest absolute Gasteiger partial charge is 0.489 e. The van der Waals surface area contributed by atoms with Crippen LogP contribution in [-0.4, -0.2) is 30.3 Å². The molecule has 0 radical (unpaired) electrons. The third kappa shape index (κ3) is 3.94. The Kier molecular flexibility index (Phi) is 5.15. The summed E-state index contributed by atoms with van der Waals surface area (Å²) in [5.41, 5.74) is 2.32. The van der Waals surface area contributed by atoms with E-state index in [-0.39, 0.29) is 12.0 Å². The van der Waals surface area contributed by atoms with Crippen molar-refractivity contribution in [3.8, 4) is 5.75 Å². The van der Waals surface area contributed by atoms with Gasteiger partial charge >= 0.3 is 0 Å². The van der Waals surface area contributed by atoms with E-state index in [0.29, 0.717) is 24.5 Å². The van der Waals surface area contributed by atoms with Crippen molar-refractivity contribution in [3.05, 3.63) is 46.8 Å². The molecule has 2 heterocycles. The number of amides is 1. The maximum atomic E-state index is 12.2. The average Bonchev–Trinajstić information content (AvgIpc) is 3.22. The molecular formula is C18H22N2O4. The first kappa shape index (κ1) is 16.5. The first-order valence-corrected chi connectivity index (χ1v) is 8.18. The summed E-state index contributed by atoms with van der Waals surface area (Å²) in [5.74, 6) is 1.27. The number of aromatic nitrogens is 1. The molecular weight excluding hydrogens is 308 g/mol. The summed E-state index contributed by atoms with van der Waals surface area (Å²) in [6.07, 6.45) is 2.19. The van der Waals surface area contributed by atoms with Crippen LogP contribution >= 0.6 is 0 Å². The fourth-order valence-corrected chi connectivity index (χ4v) is 2.70. The molecule has 1 aromatic carbocycles. The van der Waals surface area contributed by atoms with Crippen LogP contribution in [-0.2, 0) is 11.3 Å². The molecule has 1 N–H and O–H groups in total. The minimum Gasteiger partial charge on any atom is -0.489 e. The van der Waals surface area contributed by atoms with Crippen LogP contribution in [0.5, 0.6) is 5.75 Å². The van der Waals surface area contributed by atoms with Crippen LogP contribution in [0.2, 0.25) is 0 Å². The number of nitrogens with one attached hydrogen (secondary N) is 1. The van der Waals surface area contributed by atoms with Crippen molar-refractivity contribution < 1.29 is 18.8 Å². The molecule has 6 nitrogen and oxygen atoms in total. The summed E-state index contributed by atoms with van der Waals surface area (Å²) < 4.78 is 16.4. The summed E-state index contributed by atoms with van der Waals surface area (Å²) in [6, 6.07) is 7.15. The standard InChI is InChI=1S/C18H22N2O4/c1-12-17(13(2)24-20-12)11-23-15-6-3-5-14(9-15)18(21)19-10-16-7-4-8-22-16/h3,5-6,9,16H,4,7-8,10-11H2,1-2H3,(H,19,21)/t16-/m0/s1. The second kappa shape index (κ2) is 7.49. The van der Waals surface area contributed by atoms with E-state index in [9.17, 15) is 4.79 Å². The summed E-state index contributed by atoms with van der Waals surface area (Å²) in [6.45, 7) is 5.43. The lowest BCUT2D eigenvalue weighted by molar-refractivity contribution is 0.0857. The van der Waals surface area contributed by atoms with Gasteiger partial charge in [-0.1, -0.05) is 11.2 Å². The van der Waals surface area contributed by atoms with E-state index in [2.05, 4.69) is 10.5 Å². The summed E-state index contributed by atoms with van der Waals surface area (Å²) in [4.78, 5) is 12.2. The minimum absolute atomic E-state index is 0.117. The fraction of sp³-hybridized carbons (Fsp3) is 0.444. The number of carbonyl (C=O) groups is 1. The third-order valence-corrected chi connectivity index (χ3v) is 4.17. The number of aryl methyl sites for hydroxylation is 2. The topological polar surface area (TPSA) is 73.6 Å². The zero-order valence-electron chi connectivity index (χ0n) is 14.0. The Morgan fingerprint density at radius 1 is 1.42 bits per heavy atom. The molecule has 1 aromatic heterocycles. The van der Waals surface area contributed by atoms with Crippen molar-refractivity contribution >= 4 is 5.91 Å². The Balaban J connectivity index is 1.58. The number of hydrogen-bond donors (Lipinski definition) is 1. The Bertz CT molecular complexity index is 685. The van der Waals surface area contributed by atoms with Crippen LogP contribution in [0.1, 0.15) is 40.2 Å². The highest BCUT2D eigenvalue weighted by molar-refractivity contribution is 5.94. The van der Waals surface area contributed by atoms with Gasteiger partial charge in [-0.05, 0) is 44.9 Å². The molecule has 0 saturated carbocycles. The average molecular weight is 330 g/mol. The minimum atomic E-state index is -0.117. The van der Waals surface area contributed by atoms with E-state index in [4.69, 9.17) is 14.0 Å². The fourth-order valence-electron chi connectivity index (χ4n) is 2.70. The molecule has 0 unspecified atom stereocenters. The lowest BCUT2D eigenvalue weighted by Gasteiger charge is -2.11. The molecule has 1 aliphatic rings. The lowest BCUT2D eigenvalue weighted by Crippen LogP contribution is -2.31. The second-order valence-corrected chi connectivity index (χ2v) is 5.96. The van der Waals surface area contributed by atoms with Gasteiger partial charge < -0.3 is 19.3 Å². The van der Waals surface area contributed by atoms with E-state index in [1.54, 1.807) is 12.1 Å². The Hall–Kier alpha value is -2.34. The van der Waals surface area contributed by atoms with Gasteiger partial charge in [-0.25, -0.2) is 0 Å². The predicted octanol–water partition coefficient (Wildman–Crippen LogP) is 2.78. The number of ether oxygens (including phenoxy) is 2. The van der Waals surface area contributed by atoms with Crippen molar-refractivity contribution in [1.82, 2.24) is 10.5 Å². The molecule has 1 atom stereocenters. The van der Waals surface area contributed by atoms with Gasteiger partial charge in [-0.3, -0.25) is 4.79 Å². The molecule has 1 fully saturated rings. The van der Waals surface area contributed by atoms with E-state index < -0.39 is 0 Å². The number of hydrogen-bond acceptors (Lipinski definition) is 5. The number of nitrogens with zero attached hydrogens (tertiary/aromatic N) is 1. The number of rotatable bonds is 6. The molecule has 1 saturated heterocycles. The zero-order chi connectivity index (χ0) is 16.9. The van der Waals surface area contributed by atoms with Crippen molar-refractivity contribution in [3.63, 3.8) is 0 Å². The van der Waals surface area contributed by atoms with Gasteiger partial charge in [0.2, 0.25) is 0 Å². The van der Waals surface area contributed by atoms with Crippen LogP contribution < -0.4 is 10.1 Å². The highest BCUT2D eigenvalue weighted by atomic mass is 16.5. The Labute approximate surface area is 141 Å². The van der Waals surface area contributed by atoms with Crippen molar-refractivity contribution in [2.45, 2.75) is 39.4 Å². The molecule has 0 spiro atoms. The molecule has 6 heteroatoms. The molecule has 1 aliphatic heterocycles. The van der Waals surface area contributed by atoms with E-state index in [1.807, 2.05) is 26.0 Å². The summed E-state index contributed by atoms with van der Waals surface area (Å²) in [5, 5.41) is 6.82. The van der Waals surface area contributed by atoms with Crippen LogP contribution in [0.25, 0.3) is 0 Å². The molecule has 2 aromatic rings. The monoisotopic (exact) mass is 330 g/mol. The molecule has 24 heavy (non-hydrogen) atoms. The van der Waals surface area contributed by atoms with E-state index >= 15 is 0 Å². The maximum absolute atomic E-state index is 12.2. The molecule has 128 valence electrons. The Morgan fingerprint density at radius 3 is 3.00 bits per heavy atom. The first-order chi connectivity index (χ1) is 11.6. The molecule has 3 rings (SSSR count). The smallest absolute Gasteiger partial charge is 0.251 e. The van der Waals surface area contributed by atoms with Gasteiger partial charge in [-0.2, -0.15) is 0 Å². The highest BCUT2D eigenvalue weighted by Gasteiger charge is 2.17. The van der Waals surface area contributed by atoms with Crippen molar-refractivity contribution in [2.24, 2.45) is 0 Å². The first-order valence-electron chi connectivity index (χ1n) is 8.18. The number of carbonyl (C=O) groups excluding carboxylic acids is 1. The highest BCUT2D eigenvalue weighted by Crippen LogP contribution is 2.18. The molecule has 0 aliphatic carbocycles. The van der Waals surface area contributed by atoms with Crippen molar-refractivity contribution in [2.75, 3.05) is 13.2 Å². The van der Waals surface area contributed by atoms with E-state index in [0.717, 1.165) is 36.5 Å². The molecule has 1 amide bonds. The van der Waals surface area contributed by atoms with Gasteiger partial charge in [0.15, 0.2) is 0 Å². The maximum Gasteiger partial charge on any atom is 0.251 e. The SMILES string of the molecule is Cc1noc(C)c1COc1cccc(C(=O)NC[C@@H]2CCCO2)c1. The van der Waals surface area contributed by atoms with Crippen LogP contribution in [0.3, 0.4) is 0 Å². The second-order valence-electron chi connectivity index (χ2n) is 5.96. The van der Waals surface area contributed by atoms with Gasteiger partial charge in [0.05, 0.1) is 17.4 Å². The van der Waals surface area contributed by atoms with Crippen LogP contribution in [0.15, 0.2) is 28.8 Å². The zero-order valence-corrected chi connectivity index (χ0v) is 14.0. The normalized spacial score (nSPS) is 17.0. The van der Waals surface area contributed by atoms with Gasteiger partial charge in [0, 0.05) is 18.7 Å². The van der Waals surface area contributed by atoms with E-state index in [1.165, 1.54) is 0 Å². The van der Waals surface area contributed by atoms with Crippen molar-refractivity contribution in [1.29, 1.82) is 0 Å². The third-order valence-electron chi connectivity index (χ3n) is 4.17. The quantitative estimate of drug-likeness (QED) is 0.881.